The molecule has 0 saturated carbocycles. The molecule has 0 saturated heterocycles. The number of nitrogens with one attached hydrogen (secondary N) is 1. The highest BCUT2D eigenvalue weighted by Gasteiger charge is 2.41. The lowest BCUT2D eigenvalue weighted by molar-refractivity contribution is -0.137. The third-order valence-corrected chi connectivity index (χ3v) is 1.08. The number of alkyl halides is 3. The number of nitrogens with zero attached hydrogens (tertiary/aromatic N) is 1. The van der Waals surface area contributed by atoms with Gasteiger partial charge in [-0.05, 0) is 0 Å². The molecule has 0 aliphatic carbocycles. The second-order valence-electron chi connectivity index (χ2n) is 1.95. The first-order valence-corrected chi connectivity index (χ1v) is 2.75. The van der Waals surface area contributed by atoms with Crippen molar-refractivity contribution in [1.82, 2.24) is 10.9 Å². The van der Waals surface area contributed by atoms with Gasteiger partial charge in [-0.25, -0.2) is 5.43 Å². The third-order valence-electron chi connectivity index (χ3n) is 1.08. The molecule has 4 nitrogen and oxygen atoms in total. The van der Waals surface area contributed by atoms with Crippen molar-refractivity contribution in [2.45, 2.75) is 6.18 Å². The van der Waals surface area contributed by atoms with E-state index in [-0.39, 0.29) is 6.08 Å². The average molecular weight is 179 g/mol. The van der Waals surface area contributed by atoms with Crippen LogP contribution in [0.4, 0.5) is 13.2 Å². The number of amides is 2. The second-order valence-corrected chi connectivity index (χ2v) is 1.95. The van der Waals surface area contributed by atoms with Gasteiger partial charge in [0.1, 0.15) is 5.57 Å². The highest BCUT2D eigenvalue weighted by Crippen LogP contribution is 2.26. The van der Waals surface area contributed by atoms with Crippen LogP contribution in [0, 0.1) is 0 Å². The van der Waals surface area contributed by atoms with Crippen molar-refractivity contribution < 1.29 is 22.8 Å². The summed E-state index contributed by atoms with van der Waals surface area (Å²) in [5.41, 5.74) is 2.68. The number of hydrogen-bond donors (Lipinski definition) is 1. The van der Waals surface area contributed by atoms with E-state index in [0.717, 1.165) is 0 Å². The third kappa shape index (κ3) is 1.55. The minimum Gasteiger partial charge on any atom is -0.268 e. The van der Waals surface area contributed by atoms with E-state index in [9.17, 15) is 22.8 Å². The van der Waals surface area contributed by atoms with Crippen molar-refractivity contribution >= 4 is 11.8 Å². The molecule has 0 aromatic heterocycles. The maximum absolute atomic E-state index is 11.8. The Kier molecular flexibility index (Phi) is 1.79. The molecule has 2 amide bonds. The Balaban J connectivity index is 3.00. The molecular formula is C5H2F3N2O2. The molecule has 0 aromatic rings. The van der Waals surface area contributed by atoms with Gasteiger partial charge in [0.15, 0.2) is 0 Å². The van der Waals surface area contributed by atoms with Crippen LogP contribution < -0.4 is 10.9 Å². The number of rotatable bonds is 0. The zero-order chi connectivity index (χ0) is 9.35. The molecule has 0 aromatic carbocycles. The Morgan fingerprint density at radius 2 is 1.92 bits per heavy atom. The lowest BCUT2D eigenvalue weighted by atomic mass is 10.2. The predicted octanol–water partition coefficient (Wildman–Crippen LogP) is -0.349. The molecule has 65 valence electrons. The summed E-state index contributed by atoms with van der Waals surface area (Å²) in [6.07, 6.45) is -4.65. The Bertz CT molecular complexity index is 268. The standard InChI is InChI=1S/C5H2F3N2O2/c6-5(7,8)2-1-3(11)9-10-4(2)12/h1H,(H,9,11). The van der Waals surface area contributed by atoms with Crippen LogP contribution in [0.2, 0.25) is 0 Å². The van der Waals surface area contributed by atoms with Crippen molar-refractivity contribution in [1.29, 1.82) is 0 Å². The first-order chi connectivity index (χ1) is 5.41. The molecule has 0 fully saturated rings. The summed E-state index contributed by atoms with van der Waals surface area (Å²) >= 11 is 0. The summed E-state index contributed by atoms with van der Waals surface area (Å²) in [4.78, 5) is 20.7. The summed E-state index contributed by atoms with van der Waals surface area (Å²) in [5.74, 6) is -2.54. The Labute approximate surface area is 64.4 Å². The van der Waals surface area contributed by atoms with Gasteiger partial charge < -0.3 is 0 Å². The number of hydrogen-bond acceptors (Lipinski definition) is 2. The van der Waals surface area contributed by atoms with Crippen molar-refractivity contribution in [3.05, 3.63) is 11.6 Å². The Hall–Kier alpha value is -1.53. The first kappa shape index (κ1) is 8.57. The molecule has 1 heterocycles. The van der Waals surface area contributed by atoms with Gasteiger partial charge >= 0.3 is 6.18 Å². The zero-order valence-electron chi connectivity index (χ0n) is 5.47. The topological polar surface area (TPSA) is 60.3 Å². The fraction of sp³-hybridized carbons (Fsp3) is 0.200. The van der Waals surface area contributed by atoms with Crippen LogP contribution in [0.5, 0.6) is 0 Å². The van der Waals surface area contributed by atoms with Crippen LogP contribution in [-0.4, -0.2) is 18.0 Å². The summed E-state index contributed by atoms with van der Waals surface area (Å²) in [6.45, 7) is 0. The van der Waals surface area contributed by atoms with Crippen LogP contribution in [0.25, 0.3) is 0 Å². The molecular weight excluding hydrogens is 177 g/mol. The van der Waals surface area contributed by atoms with Gasteiger partial charge in [-0.2, -0.15) is 13.2 Å². The summed E-state index contributed by atoms with van der Waals surface area (Å²) in [5, 5.41) is 0. The SMILES string of the molecule is O=C1C=C(C(F)(F)F)C(=O)[N]N1. The summed E-state index contributed by atoms with van der Waals surface area (Å²) < 4.78 is 35.5. The number of halogens is 3. The predicted molar refractivity (Wildman–Crippen MR) is 29.4 cm³/mol. The van der Waals surface area contributed by atoms with E-state index in [2.05, 4.69) is 5.43 Å². The van der Waals surface area contributed by atoms with E-state index < -0.39 is 23.6 Å². The van der Waals surface area contributed by atoms with Crippen LogP contribution in [0.15, 0.2) is 11.6 Å². The van der Waals surface area contributed by atoms with E-state index in [1.807, 2.05) is 0 Å². The highest BCUT2D eigenvalue weighted by atomic mass is 19.4. The second kappa shape index (κ2) is 2.50. The fourth-order valence-corrected chi connectivity index (χ4v) is 0.594. The average Bonchev–Trinajstić information content (AvgIpc) is 1.92. The maximum atomic E-state index is 11.8. The molecule has 0 bridgehead atoms. The van der Waals surface area contributed by atoms with E-state index in [1.54, 1.807) is 5.43 Å². The van der Waals surface area contributed by atoms with Gasteiger partial charge in [-0.1, -0.05) is 0 Å². The van der Waals surface area contributed by atoms with Gasteiger partial charge in [0.05, 0.1) is 0 Å². The quantitative estimate of drug-likeness (QED) is 0.552. The van der Waals surface area contributed by atoms with Crippen LogP contribution in [0.3, 0.4) is 0 Å². The van der Waals surface area contributed by atoms with E-state index in [4.69, 9.17) is 0 Å². The van der Waals surface area contributed by atoms with Gasteiger partial charge in [-0.15, -0.1) is 5.43 Å². The molecule has 1 rings (SSSR count). The molecule has 1 N–H and O–H groups in total. The molecule has 0 unspecified atom stereocenters. The summed E-state index contributed by atoms with van der Waals surface area (Å²) in [6, 6.07) is 0. The first-order valence-electron chi connectivity index (χ1n) is 2.75. The van der Waals surface area contributed by atoms with Crippen molar-refractivity contribution in [3.8, 4) is 0 Å². The van der Waals surface area contributed by atoms with Gasteiger partial charge in [0.25, 0.3) is 11.8 Å². The zero-order valence-corrected chi connectivity index (χ0v) is 5.47. The van der Waals surface area contributed by atoms with Crippen molar-refractivity contribution in [2.24, 2.45) is 0 Å². The normalized spacial score (nSPS) is 18.1. The molecule has 12 heavy (non-hydrogen) atoms. The van der Waals surface area contributed by atoms with Gasteiger partial charge in [0.2, 0.25) is 0 Å². The van der Waals surface area contributed by atoms with E-state index in [0.29, 0.717) is 0 Å². The lowest BCUT2D eigenvalue weighted by Crippen LogP contribution is -2.43. The molecule has 1 radical (unpaired) electrons. The van der Waals surface area contributed by atoms with Crippen LogP contribution in [0.1, 0.15) is 0 Å². The number of carbonyl (C=O) groups is 2. The van der Waals surface area contributed by atoms with Crippen molar-refractivity contribution in [2.75, 3.05) is 0 Å². The molecule has 0 spiro atoms. The molecule has 7 heteroatoms. The Morgan fingerprint density at radius 1 is 1.33 bits per heavy atom. The van der Waals surface area contributed by atoms with Gasteiger partial charge in [-0.3, -0.25) is 9.59 Å². The fourth-order valence-electron chi connectivity index (χ4n) is 0.594. The highest BCUT2D eigenvalue weighted by molar-refractivity contribution is 6.05. The monoisotopic (exact) mass is 179 g/mol. The minimum absolute atomic E-state index is 0.176. The molecule has 1 aliphatic heterocycles. The maximum Gasteiger partial charge on any atom is 0.422 e. The van der Waals surface area contributed by atoms with Gasteiger partial charge in [0, 0.05) is 6.08 Å². The van der Waals surface area contributed by atoms with E-state index in [1.165, 1.54) is 0 Å². The summed E-state index contributed by atoms with van der Waals surface area (Å²) in [7, 11) is 0. The molecule has 0 atom stereocenters. The lowest BCUT2D eigenvalue weighted by Gasteiger charge is -2.13. The van der Waals surface area contributed by atoms with Crippen molar-refractivity contribution in [3.63, 3.8) is 0 Å². The largest absolute Gasteiger partial charge is 0.422 e. The minimum atomic E-state index is -4.82. The number of carbonyl (C=O) groups excluding carboxylic acids is 2. The smallest absolute Gasteiger partial charge is 0.268 e. The van der Waals surface area contributed by atoms with Crippen LogP contribution >= 0.6 is 0 Å². The van der Waals surface area contributed by atoms with Crippen LogP contribution in [-0.2, 0) is 9.59 Å². The Morgan fingerprint density at radius 3 is 2.33 bits per heavy atom. The molecule has 1 aliphatic rings. The van der Waals surface area contributed by atoms with E-state index >= 15 is 0 Å².